The summed E-state index contributed by atoms with van der Waals surface area (Å²) in [5.41, 5.74) is 0.848. The van der Waals surface area contributed by atoms with E-state index in [0.29, 0.717) is 11.9 Å². The Labute approximate surface area is 120 Å². The van der Waals surface area contributed by atoms with Crippen LogP contribution in [0.2, 0.25) is 0 Å². The lowest BCUT2D eigenvalue weighted by molar-refractivity contribution is 0.00530. The lowest BCUT2D eigenvalue weighted by atomic mass is 9.95. The summed E-state index contributed by atoms with van der Waals surface area (Å²) in [7, 11) is 3.33. The van der Waals surface area contributed by atoms with E-state index in [1.165, 1.54) is 0 Å². The first-order valence-corrected chi connectivity index (χ1v) is 6.94. The quantitative estimate of drug-likeness (QED) is 0.839. The molecule has 1 saturated carbocycles. The maximum Gasteiger partial charge on any atom is 0.123 e. The summed E-state index contributed by atoms with van der Waals surface area (Å²) in [6.45, 7) is 0. The molecule has 0 radical (unpaired) electrons. The fraction of sp³-hybridized carbons (Fsp3) is 0.500. The zero-order chi connectivity index (χ0) is 14.4. The van der Waals surface area contributed by atoms with Gasteiger partial charge in [-0.3, -0.25) is 0 Å². The predicted octanol–water partition coefficient (Wildman–Crippen LogP) is 3.35. The van der Waals surface area contributed by atoms with Crippen molar-refractivity contribution < 1.29 is 19.3 Å². The molecule has 20 heavy (non-hydrogen) atoms. The largest absolute Gasteiger partial charge is 0.508 e. The molecule has 1 aromatic rings. The van der Waals surface area contributed by atoms with Crippen LogP contribution in [0.5, 0.6) is 11.5 Å². The molecular formula is C16H22O4. The smallest absolute Gasteiger partial charge is 0.123 e. The molecule has 2 unspecified atom stereocenters. The van der Waals surface area contributed by atoms with Gasteiger partial charge in [0.25, 0.3) is 0 Å². The molecule has 1 N–H and O–H groups in total. The molecule has 0 aliphatic heterocycles. The lowest BCUT2D eigenvalue weighted by Gasteiger charge is -2.27. The van der Waals surface area contributed by atoms with Crippen molar-refractivity contribution in [3.63, 3.8) is 0 Å². The van der Waals surface area contributed by atoms with Crippen LogP contribution in [-0.4, -0.2) is 31.5 Å². The zero-order valence-electron chi connectivity index (χ0n) is 12.0. The Balaban J connectivity index is 1.91. The molecule has 110 valence electrons. The molecule has 0 spiro atoms. The van der Waals surface area contributed by atoms with Crippen molar-refractivity contribution in [2.75, 3.05) is 14.2 Å². The molecular weight excluding hydrogens is 256 g/mol. The van der Waals surface area contributed by atoms with Gasteiger partial charge in [-0.05, 0) is 43.0 Å². The lowest BCUT2D eigenvalue weighted by Crippen LogP contribution is -2.26. The van der Waals surface area contributed by atoms with Crippen molar-refractivity contribution in [1.29, 1.82) is 0 Å². The topological polar surface area (TPSA) is 47.9 Å². The molecule has 0 bridgehead atoms. The molecule has 0 amide bonds. The van der Waals surface area contributed by atoms with E-state index in [-0.39, 0.29) is 11.9 Å². The molecule has 2 atom stereocenters. The van der Waals surface area contributed by atoms with Crippen molar-refractivity contribution >= 4 is 6.08 Å². The van der Waals surface area contributed by atoms with Crippen LogP contribution in [0.4, 0.5) is 0 Å². The molecule has 1 aromatic carbocycles. The molecule has 1 aliphatic rings. The van der Waals surface area contributed by atoms with E-state index in [4.69, 9.17) is 14.2 Å². The molecule has 1 fully saturated rings. The number of rotatable bonds is 5. The summed E-state index contributed by atoms with van der Waals surface area (Å²) in [4.78, 5) is 0. The van der Waals surface area contributed by atoms with Crippen LogP contribution in [0.3, 0.4) is 0 Å². The third kappa shape index (κ3) is 4.17. The van der Waals surface area contributed by atoms with E-state index in [9.17, 15) is 5.11 Å². The van der Waals surface area contributed by atoms with Crippen molar-refractivity contribution in [3.05, 3.63) is 30.0 Å². The number of methoxy groups -OCH3 is 2. The van der Waals surface area contributed by atoms with E-state index in [1.54, 1.807) is 32.6 Å². The number of benzene rings is 1. The van der Waals surface area contributed by atoms with Gasteiger partial charge >= 0.3 is 0 Å². The minimum absolute atomic E-state index is 0.182. The van der Waals surface area contributed by atoms with Crippen LogP contribution in [0.15, 0.2) is 24.5 Å². The maximum atomic E-state index is 9.57. The number of phenols is 1. The Morgan fingerprint density at radius 1 is 1.15 bits per heavy atom. The first-order valence-electron chi connectivity index (χ1n) is 6.94. The zero-order valence-corrected chi connectivity index (χ0v) is 12.0. The van der Waals surface area contributed by atoms with Gasteiger partial charge in [0.15, 0.2) is 0 Å². The first-order chi connectivity index (χ1) is 9.71. The molecule has 1 aliphatic carbocycles. The van der Waals surface area contributed by atoms with Gasteiger partial charge < -0.3 is 19.3 Å². The van der Waals surface area contributed by atoms with Gasteiger partial charge in [0.1, 0.15) is 17.6 Å². The summed E-state index contributed by atoms with van der Waals surface area (Å²) in [5.74, 6) is 0.808. The van der Waals surface area contributed by atoms with Gasteiger partial charge in [0.05, 0.1) is 19.5 Å². The van der Waals surface area contributed by atoms with Gasteiger partial charge in [-0.1, -0.05) is 0 Å². The SMILES string of the molecule is COc1cc(O)cc(/C=C/OC2CCCC(OC)C2)c1. The van der Waals surface area contributed by atoms with Crippen LogP contribution in [0.1, 0.15) is 31.2 Å². The van der Waals surface area contributed by atoms with Crippen LogP contribution >= 0.6 is 0 Å². The second kappa shape index (κ2) is 7.20. The fourth-order valence-electron chi connectivity index (χ4n) is 2.49. The van der Waals surface area contributed by atoms with Gasteiger partial charge in [0.2, 0.25) is 0 Å². The molecule has 2 rings (SSSR count). The molecule has 4 nitrogen and oxygen atoms in total. The van der Waals surface area contributed by atoms with Crippen molar-refractivity contribution in [2.24, 2.45) is 0 Å². The monoisotopic (exact) mass is 278 g/mol. The molecule has 0 aromatic heterocycles. The minimum Gasteiger partial charge on any atom is -0.508 e. The molecule has 0 heterocycles. The third-order valence-electron chi connectivity index (χ3n) is 3.59. The standard InChI is InChI=1S/C16H22O4/c1-18-14-4-3-5-15(11-14)20-7-6-12-8-13(17)10-16(9-12)19-2/h6-10,14-15,17H,3-5,11H2,1-2H3/b7-6+. The number of ether oxygens (including phenoxy) is 3. The number of phenolic OH excluding ortho intramolecular Hbond substituents is 1. The van der Waals surface area contributed by atoms with E-state index in [0.717, 1.165) is 31.2 Å². The highest BCUT2D eigenvalue weighted by Gasteiger charge is 2.21. The average molecular weight is 278 g/mol. The van der Waals surface area contributed by atoms with Crippen molar-refractivity contribution in [3.8, 4) is 11.5 Å². The number of aromatic hydroxyl groups is 1. The Kier molecular flexibility index (Phi) is 5.30. The van der Waals surface area contributed by atoms with Gasteiger partial charge in [-0.2, -0.15) is 0 Å². The van der Waals surface area contributed by atoms with E-state index >= 15 is 0 Å². The Hall–Kier alpha value is -1.68. The van der Waals surface area contributed by atoms with E-state index in [1.807, 2.05) is 12.1 Å². The molecule has 0 saturated heterocycles. The van der Waals surface area contributed by atoms with Crippen molar-refractivity contribution in [1.82, 2.24) is 0 Å². The Bertz CT molecular complexity index is 456. The van der Waals surface area contributed by atoms with Crippen LogP contribution in [0.25, 0.3) is 6.08 Å². The highest BCUT2D eigenvalue weighted by atomic mass is 16.5. The second-order valence-electron chi connectivity index (χ2n) is 5.05. The minimum atomic E-state index is 0.182. The van der Waals surface area contributed by atoms with Crippen LogP contribution in [-0.2, 0) is 9.47 Å². The number of hydrogen-bond acceptors (Lipinski definition) is 4. The number of hydrogen-bond donors (Lipinski definition) is 1. The third-order valence-corrected chi connectivity index (χ3v) is 3.59. The summed E-state index contributed by atoms with van der Waals surface area (Å²) in [6.07, 6.45) is 8.29. The molecule has 4 heteroatoms. The van der Waals surface area contributed by atoms with Crippen molar-refractivity contribution in [2.45, 2.75) is 37.9 Å². The normalized spacial score (nSPS) is 22.9. The maximum absolute atomic E-state index is 9.57. The van der Waals surface area contributed by atoms with Gasteiger partial charge in [0, 0.05) is 19.6 Å². The average Bonchev–Trinajstić information content (AvgIpc) is 2.47. The van der Waals surface area contributed by atoms with Crippen LogP contribution < -0.4 is 4.74 Å². The fourth-order valence-corrected chi connectivity index (χ4v) is 2.49. The summed E-state index contributed by atoms with van der Waals surface area (Å²) < 4.78 is 16.2. The predicted molar refractivity (Wildman–Crippen MR) is 77.8 cm³/mol. The van der Waals surface area contributed by atoms with Gasteiger partial charge in [-0.15, -0.1) is 0 Å². The highest BCUT2D eigenvalue weighted by Crippen LogP contribution is 2.25. The highest BCUT2D eigenvalue weighted by molar-refractivity contribution is 5.54. The first kappa shape index (κ1) is 14.7. The summed E-state index contributed by atoms with van der Waals surface area (Å²) in [5, 5.41) is 9.57. The van der Waals surface area contributed by atoms with E-state index in [2.05, 4.69) is 0 Å². The summed E-state index contributed by atoms with van der Waals surface area (Å²) >= 11 is 0. The second-order valence-corrected chi connectivity index (χ2v) is 5.05. The van der Waals surface area contributed by atoms with Gasteiger partial charge in [-0.25, -0.2) is 0 Å². The Morgan fingerprint density at radius 2 is 1.95 bits per heavy atom. The van der Waals surface area contributed by atoms with E-state index < -0.39 is 0 Å². The van der Waals surface area contributed by atoms with Crippen LogP contribution in [0, 0.1) is 0 Å². The summed E-state index contributed by atoms with van der Waals surface area (Å²) in [6, 6.07) is 5.09. The Morgan fingerprint density at radius 3 is 2.70 bits per heavy atom.